The summed E-state index contributed by atoms with van der Waals surface area (Å²) in [6.45, 7) is 4.17. The highest BCUT2D eigenvalue weighted by Gasteiger charge is 2.26. The van der Waals surface area contributed by atoms with Crippen LogP contribution in [0, 0.1) is 5.92 Å². The van der Waals surface area contributed by atoms with Gasteiger partial charge < -0.3 is 5.32 Å². The van der Waals surface area contributed by atoms with Crippen LogP contribution in [0.15, 0.2) is 41.8 Å². The van der Waals surface area contributed by atoms with Crippen molar-refractivity contribution in [2.75, 3.05) is 11.1 Å². The normalized spacial score (nSPS) is 16.5. The largest absolute Gasteiger partial charge is 0.363 e. The van der Waals surface area contributed by atoms with E-state index in [9.17, 15) is 8.42 Å². The van der Waals surface area contributed by atoms with Gasteiger partial charge in [-0.05, 0) is 36.0 Å². The SMILES string of the molecule is CC(C)[C@H](Nc1cc(-c2ncn[nH]2)ncn1)c1ccc2c(c1)S(=O)(=O)CCC2. The van der Waals surface area contributed by atoms with Crippen molar-refractivity contribution in [1.29, 1.82) is 0 Å². The van der Waals surface area contributed by atoms with Crippen LogP contribution in [0.4, 0.5) is 5.82 Å². The minimum atomic E-state index is -3.21. The van der Waals surface area contributed by atoms with E-state index in [-0.39, 0.29) is 17.7 Å². The standard InChI is InChI=1S/C19H22N6O2S/c1-12(2)18(14-6-5-13-4-3-7-28(26,27)16(13)8-14)24-17-9-15(20-10-21-17)19-22-11-23-25-19/h5-6,8-12,18H,3-4,7H2,1-2H3,(H,20,21,24)(H,22,23,25)/t18-/m0/s1. The molecule has 1 aliphatic heterocycles. The maximum atomic E-state index is 12.5. The zero-order chi connectivity index (χ0) is 19.7. The summed E-state index contributed by atoms with van der Waals surface area (Å²) in [6.07, 6.45) is 4.39. The van der Waals surface area contributed by atoms with Gasteiger partial charge in [0, 0.05) is 6.07 Å². The summed E-state index contributed by atoms with van der Waals surface area (Å²) in [7, 11) is -3.21. The van der Waals surface area contributed by atoms with Crippen LogP contribution in [0.1, 0.15) is 37.4 Å². The molecule has 0 bridgehead atoms. The van der Waals surface area contributed by atoms with Crippen LogP contribution in [0.3, 0.4) is 0 Å². The van der Waals surface area contributed by atoms with Gasteiger partial charge in [0.25, 0.3) is 0 Å². The Bertz CT molecular complexity index is 1080. The minimum absolute atomic E-state index is 0.0973. The summed E-state index contributed by atoms with van der Waals surface area (Å²) in [4.78, 5) is 13.1. The van der Waals surface area contributed by atoms with Crippen molar-refractivity contribution >= 4 is 15.7 Å². The first-order valence-corrected chi connectivity index (χ1v) is 10.9. The van der Waals surface area contributed by atoms with E-state index < -0.39 is 9.84 Å². The Labute approximate surface area is 163 Å². The Morgan fingerprint density at radius 3 is 2.71 bits per heavy atom. The molecule has 0 radical (unpaired) electrons. The number of fused-ring (bicyclic) bond motifs is 1. The quantitative estimate of drug-likeness (QED) is 0.679. The number of H-pyrrole nitrogens is 1. The molecular weight excluding hydrogens is 376 g/mol. The van der Waals surface area contributed by atoms with Gasteiger partial charge in [0.15, 0.2) is 15.7 Å². The molecule has 1 aliphatic rings. The highest BCUT2D eigenvalue weighted by atomic mass is 32.2. The third-order valence-electron chi connectivity index (χ3n) is 4.94. The zero-order valence-corrected chi connectivity index (χ0v) is 16.6. The summed E-state index contributed by atoms with van der Waals surface area (Å²) < 4.78 is 25.0. The Kier molecular flexibility index (Phi) is 4.84. The fourth-order valence-electron chi connectivity index (χ4n) is 3.51. The Morgan fingerprint density at radius 2 is 1.96 bits per heavy atom. The molecule has 28 heavy (non-hydrogen) atoms. The first kappa shape index (κ1) is 18.5. The first-order chi connectivity index (χ1) is 13.4. The number of aryl methyl sites for hydroxylation is 1. The Morgan fingerprint density at radius 1 is 1.11 bits per heavy atom. The number of sulfone groups is 1. The van der Waals surface area contributed by atoms with E-state index in [4.69, 9.17) is 0 Å². The molecular formula is C19H22N6O2S. The van der Waals surface area contributed by atoms with Crippen LogP contribution in [-0.2, 0) is 16.3 Å². The molecule has 0 unspecified atom stereocenters. The van der Waals surface area contributed by atoms with Gasteiger partial charge in [0.2, 0.25) is 0 Å². The van der Waals surface area contributed by atoms with E-state index in [1.54, 1.807) is 6.07 Å². The van der Waals surface area contributed by atoms with Gasteiger partial charge >= 0.3 is 0 Å². The summed E-state index contributed by atoms with van der Waals surface area (Å²) in [6, 6.07) is 7.47. The van der Waals surface area contributed by atoms with Crippen molar-refractivity contribution in [3.63, 3.8) is 0 Å². The monoisotopic (exact) mass is 398 g/mol. The van der Waals surface area contributed by atoms with Crippen LogP contribution < -0.4 is 5.32 Å². The van der Waals surface area contributed by atoms with Crippen molar-refractivity contribution in [1.82, 2.24) is 25.1 Å². The van der Waals surface area contributed by atoms with Crippen molar-refractivity contribution in [2.45, 2.75) is 37.6 Å². The van der Waals surface area contributed by atoms with Crippen molar-refractivity contribution in [2.24, 2.45) is 5.92 Å². The molecule has 146 valence electrons. The second-order valence-corrected chi connectivity index (χ2v) is 9.36. The van der Waals surface area contributed by atoms with E-state index >= 15 is 0 Å². The second kappa shape index (κ2) is 7.31. The Balaban J connectivity index is 1.67. The van der Waals surface area contributed by atoms with Crippen LogP contribution in [0.5, 0.6) is 0 Å². The maximum Gasteiger partial charge on any atom is 0.178 e. The molecule has 3 heterocycles. The lowest BCUT2D eigenvalue weighted by atomic mass is 9.94. The molecule has 0 aliphatic carbocycles. The number of hydrogen-bond acceptors (Lipinski definition) is 7. The van der Waals surface area contributed by atoms with Gasteiger partial charge in [-0.15, -0.1) is 0 Å². The number of hydrogen-bond donors (Lipinski definition) is 2. The highest BCUT2D eigenvalue weighted by Crippen LogP contribution is 2.32. The molecule has 3 aromatic rings. The molecule has 8 nitrogen and oxygen atoms in total. The lowest BCUT2D eigenvalue weighted by Crippen LogP contribution is -2.20. The average Bonchev–Trinajstić information content (AvgIpc) is 3.21. The van der Waals surface area contributed by atoms with E-state index in [0.29, 0.717) is 28.7 Å². The minimum Gasteiger partial charge on any atom is -0.363 e. The fraction of sp³-hybridized carbons (Fsp3) is 0.368. The van der Waals surface area contributed by atoms with E-state index in [2.05, 4.69) is 44.3 Å². The van der Waals surface area contributed by atoms with Gasteiger partial charge in [-0.2, -0.15) is 5.10 Å². The number of nitrogens with one attached hydrogen (secondary N) is 2. The van der Waals surface area contributed by atoms with Gasteiger partial charge in [0.05, 0.1) is 16.7 Å². The average molecular weight is 398 g/mol. The number of nitrogens with zero attached hydrogens (tertiary/aromatic N) is 4. The van der Waals surface area contributed by atoms with Crippen molar-refractivity contribution in [3.8, 4) is 11.5 Å². The molecule has 0 fully saturated rings. The molecule has 1 aromatic carbocycles. The number of anilines is 1. The topological polar surface area (TPSA) is 114 Å². The summed E-state index contributed by atoms with van der Waals surface area (Å²) in [5, 5.41) is 10.1. The molecule has 2 aromatic heterocycles. The van der Waals surface area contributed by atoms with Crippen LogP contribution in [0.2, 0.25) is 0 Å². The number of benzene rings is 1. The fourth-order valence-corrected chi connectivity index (χ4v) is 5.14. The van der Waals surface area contributed by atoms with Gasteiger partial charge in [-0.1, -0.05) is 26.0 Å². The van der Waals surface area contributed by atoms with Gasteiger partial charge in [-0.25, -0.2) is 23.4 Å². The van der Waals surface area contributed by atoms with Crippen molar-refractivity contribution in [3.05, 3.63) is 48.0 Å². The second-order valence-electron chi connectivity index (χ2n) is 7.28. The third-order valence-corrected chi connectivity index (χ3v) is 6.82. The van der Waals surface area contributed by atoms with Crippen LogP contribution in [-0.4, -0.2) is 39.3 Å². The third kappa shape index (κ3) is 3.62. The smallest absolute Gasteiger partial charge is 0.178 e. The molecule has 0 saturated carbocycles. The lowest BCUT2D eigenvalue weighted by molar-refractivity contribution is 0.542. The predicted octanol–water partition coefficient (Wildman–Crippen LogP) is 2.79. The number of rotatable bonds is 5. The van der Waals surface area contributed by atoms with Gasteiger partial charge in [-0.3, -0.25) is 5.10 Å². The predicted molar refractivity (Wildman–Crippen MR) is 105 cm³/mol. The van der Waals surface area contributed by atoms with E-state index in [0.717, 1.165) is 17.5 Å². The molecule has 9 heteroatoms. The Hall–Kier alpha value is -2.81. The molecule has 4 rings (SSSR count). The molecule has 1 atom stereocenters. The molecule has 0 saturated heterocycles. The summed E-state index contributed by atoms with van der Waals surface area (Å²) >= 11 is 0. The van der Waals surface area contributed by atoms with E-state index in [1.165, 1.54) is 12.7 Å². The summed E-state index contributed by atoms with van der Waals surface area (Å²) in [5.41, 5.74) is 2.47. The van der Waals surface area contributed by atoms with Crippen LogP contribution >= 0.6 is 0 Å². The highest BCUT2D eigenvalue weighted by molar-refractivity contribution is 7.91. The molecule has 2 N–H and O–H groups in total. The van der Waals surface area contributed by atoms with Crippen molar-refractivity contribution < 1.29 is 8.42 Å². The summed E-state index contributed by atoms with van der Waals surface area (Å²) in [5.74, 6) is 1.63. The molecule has 0 amide bonds. The van der Waals surface area contributed by atoms with E-state index in [1.807, 2.05) is 18.2 Å². The zero-order valence-electron chi connectivity index (χ0n) is 15.8. The number of aromatic amines is 1. The lowest BCUT2D eigenvalue weighted by Gasteiger charge is -2.25. The van der Waals surface area contributed by atoms with Gasteiger partial charge in [0.1, 0.15) is 24.2 Å². The first-order valence-electron chi connectivity index (χ1n) is 9.24. The maximum absolute atomic E-state index is 12.5. The number of aromatic nitrogens is 5. The van der Waals surface area contributed by atoms with Crippen LogP contribution in [0.25, 0.3) is 11.5 Å². The molecule has 0 spiro atoms.